The van der Waals surface area contributed by atoms with E-state index >= 15 is 0 Å². The number of hydrogen-bond acceptors (Lipinski definition) is 3. The third kappa shape index (κ3) is 5.60. The molecular formula is C18H26BrN3O2. The molecule has 1 aromatic carbocycles. The van der Waals surface area contributed by atoms with E-state index in [1.807, 2.05) is 19.1 Å². The van der Waals surface area contributed by atoms with E-state index in [2.05, 4.69) is 38.4 Å². The minimum Gasteiger partial charge on any atom is -0.345 e. The topological polar surface area (TPSA) is 61.4 Å². The second kappa shape index (κ2) is 9.18. The molecule has 1 saturated heterocycles. The van der Waals surface area contributed by atoms with Crippen LogP contribution in [0.25, 0.3) is 0 Å². The molecule has 0 spiro atoms. The van der Waals surface area contributed by atoms with Gasteiger partial charge in [0, 0.05) is 23.6 Å². The molecule has 132 valence electrons. The summed E-state index contributed by atoms with van der Waals surface area (Å²) in [6, 6.07) is 5.67. The number of unbranched alkanes of at least 4 members (excludes halogenated alkanes) is 1. The van der Waals surface area contributed by atoms with E-state index in [-0.39, 0.29) is 6.04 Å². The Hall–Kier alpha value is -1.40. The average Bonchev–Trinajstić information content (AvgIpc) is 2.56. The molecule has 6 heteroatoms. The molecule has 5 nitrogen and oxygen atoms in total. The number of nitrogens with zero attached hydrogens (tertiary/aromatic N) is 1. The van der Waals surface area contributed by atoms with Crippen molar-refractivity contribution in [3.63, 3.8) is 0 Å². The van der Waals surface area contributed by atoms with Gasteiger partial charge in [-0.3, -0.25) is 9.59 Å². The fourth-order valence-electron chi connectivity index (χ4n) is 2.83. The van der Waals surface area contributed by atoms with Crippen molar-refractivity contribution in [2.75, 3.05) is 25.0 Å². The Morgan fingerprint density at radius 2 is 1.96 bits per heavy atom. The number of carbonyl (C=O) groups excluding carboxylic acids is 2. The number of benzene rings is 1. The van der Waals surface area contributed by atoms with Crippen LogP contribution in [0.5, 0.6) is 0 Å². The molecule has 0 bridgehead atoms. The van der Waals surface area contributed by atoms with Crippen LogP contribution in [0.15, 0.2) is 22.7 Å². The second-order valence-electron chi connectivity index (χ2n) is 6.38. The van der Waals surface area contributed by atoms with Crippen LogP contribution in [-0.2, 0) is 9.59 Å². The van der Waals surface area contributed by atoms with E-state index in [0.717, 1.165) is 42.5 Å². The summed E-state index contributed by atoms with van der Waals surface area (Å²) in [4.78, 5) is 26.6. The third-order valence-corrected chi connectivity index (χ3v) is 4.99. The van der Waals surface area contributed by atoms with Crippen molar-refractivity contribution in [3.05, 3.63) is 28.2 Å². The van der Waals surface area contributed by atoms with Gasteiger partial charge >= 0.3 is 11.8 Å². The van der Waals surface area contributed by atoms with Gasteiger partial charge in [0.15, 0.2) is 0 Å². The first-order valence-electron chi connectivity index (χ1n) is 8.60. The van der Waals surface area contributed by atoms with E-state index < -0.39 is 11.8 Å². The highest BCUT2D eigenvalue weighted by Gasteiger charge is 2.23. The first kappa shape index (κ1) is 18.9. The van der Waals surface area contributed by atoms with E-state index in [0.29, 0.717) is 5.69 Å². The summed E-state index contributed by atoms with van der Waals surface area (Å²) in [5.74, 6) is -1.18. The summed E-state index contributed by atoms with van der Waals surface area (Å²) >= 11 is 3.40. The Balaban J connectivity index is 1.79. The first-order valence-corrected chi connectivity index (χ1v) is 9.39. The van der Waals surface area contributed by atoms with Crippen LogP contribution in [0.1, 0.15) is 38.2 Å². The number of carbonyl (C=O) groups is 2. The molecule has 2 rings (SSSR count). The first-order chi connectivity index (χ1) is 11.5. The number of rotatable bonds is 5. The monoisotopic (exact) mass is 395 g/mol. The lowest BCUT2D eigenvalue weighted by molar-refractivity contribution is -0.136. The molecule has 1 aliphatic rings. The Morgan fingerprint density at radius 1 is 1.25 bits per heavy atom. The van der Waals surface area contributed by atoms with Crippen LogP contribution in [0.4, 0.5) is 5.69 Å². The van der Waals surface area contributed by atoms with Crippen LogP contribution in [0.3, 0.4) is 0 Å². The van der Waals surface area contributed by atoms with E-state index in [9.17, 15) is 9.59 Å². The molecule has 0 aromatic heterocycles. The molecule has 0 radical (unpaired) electrons. The number of hydrogen-bond donors (Lipinski definition) is 2. The highest BCUT2D eigenvalue weighted by Crippen LogP contribution is 2.23. The van der Waals surface area contributed by atoms with Gasteiger partial charge < -0.3 is 15.5 Å². The van der Waals surface area contributed by atoms with Crippen molar-refractivity contribution >= 4 is 33.4 Å². The molecule has 1 fully saturated rings. The number of halogens is 1. The SMILES string of the molecule is CCCCN1CCC(NC(=O)C(=O)Nc2ccc(C)cc2Br)CC1. The van der Waals surface area contributed by atoms with Crippen molar-refractivity contribution in [1.82, 2.24) is 10.2 Å². The van der Waals surface area contributed by atoms with Gasteiger partial charge in [0.2, 0.25) is 0 Å². The quantitative estimate of drug-likeness (QED) is 0.752. The number of piperidine rings is 1. The number of likely N-dealkylation sites (tertiary alicyclic amines) is 1. The summed E-state index contributed by atoms with van der Waals surface area (Å²) in [6.07, 6.45) is 4.21. The molecule has 0 unspecified atom stereocenters. The highest BCUT2D eigenvalue weighted by atomic mass is 79.9. The maximum Gasteiger partial charge on any atom is 0.313 e. The lowest BCUT2D eigenvalue weighted by Gasteiger charge is -2.32. The molecule has 2 N–H and O–H groups in total. The second-order valence-corrected chi connectivity index (χ2v) is 7.23. The number of nitrogens with one attached hydrogen (secondary N) is 2. The van der Waals surface area contributed by atoms with Gasteiger partial charge in [-0.15, -0.1) is 0 Å². The summed E-state index contributed by atoms with van der Waals surface area (Å²) in [5.41, 5.74) is 1.69. The van der Waals surface area contributed by atoms with Crippen LogP contribution in [-0.4, -0.2) is 42.4 Å². The number of amides is 2. The van der Waals surface area contributed by atoms with Crippen molar-refractivity contribution in [3.8, 4) is 0 Å². The molecule has 0 atom stereocenters. The molecule has 24 heavy (non-hydrogen) atoms. The third-order valence-electron chi connectivity index (χ3n) is 4.33. The van der Waals surface area contributed by atoms with Crippen LogP contribution in [0, 0.1) is 6.92 Å². The Labute approximate surface area is 152 Å². The molecule has 1 aromatic rings. The lowest BCUT2D eigenvalue weighted by Crippen LogP contribution is -2.47. The van der Waals surface area contributed by atoms with Crippen molar-refractivity contribution in [1.29, 1.82) is 0 Å². The van der Waals surface area contributed by atoms with Crippen molar-refractivity contribution < 1.29 is 9.59 Å². The number of aryl methyl sites for hydroxylation is 1. The standard InChI is InChI=1S/C18H26BrN3O2/c1-3-4-9-22-10-7-14(8-11-22)20-17(23)18(24)21-16-6-5-13(2)12-15(16)19/h5-6,12,14H,3-4,7-11H2,1-2H3,(H,20,23)(H,21,24). The molecule has 1 heterocycles. The fraction of sp³-hybridized carbons (Fsp3) is 0.556. The zero-order valence-electron chi connectivity index (χ0n) is 14.4. The Bertz CT molecular complexity index is 584. The molecule has 2 amide bonds. The van der Waals surface area contributed by atoms with Gasteiger partial charge in [-0.05, 0) is 66.4 Å². The van der Waals surface area contributed by atoms with Gasteiger partial charge in [0.05, 0.1) is 5.69 Å². The van der Waals surface area contributed by atoms with E-state index in [1.165, 1.54) is 12.8 Å². The Kier molecular flexibility index (Phi) is 7.24. The summed E-state index contributed by atoms with van der Waals surface area (Å²) < 4.78 is 0.771. The smallest absolute Gasteiger partial charge is 0.313 e. The molecule has 0 saturated carbocycles. The maximum absolute atomic E-state index is 12.1. The predicted octanol–water partition coefficient (Wildman–Crippen LogP) is 3.08. The van der Waals surface area contributed by atoms with Gasteiger partial charge in [-0.2, -0.15) is 0 Å². The van der Waals surface area contributed by atoms with E-state index in [1.54, 1.807) is 6.07 Å². The summed E-state index contributed by atoms with van der Waals surface area (Å²) in [5, 5.41) is 5.51. The molecule has 0 aliphatic carbocycles. The van der Waals surface area contributed by atoms with Crippen LogP contribution < -0.4 is 10.6 Å². The normalized spacial score (nSPS) is 16.0. The maximum atomic E-state index is 12.1. The van der Waals surface area contributed by atoms with Gasteiger partial charge in [-0.1, -0.05) is 19.4 Å². The average molecular weight is 396 g/mol. The van der Waals surface area contributed by atoms with Gasteiger partial charge in [0.1, 0.15) is 0 Å². The van der Waals surface area contributed by atoms with Crippen molar-refractivity contribution in [2.45, 2.75) is 45.6 Å². The van der Waals surface area contributed by atoms with Crippen LogP contribution in [0.2, 0.25) is 0 Å². The fourth-order valence-corrected chi connectivity index (χ4v) is 3.43. The van der Waals surface area contributed by atoms with Crippen LogP contribution >= 0.6 is 15.9 Å². The predicted molar refractivity (Wildman–Crippen MR) is 100 cm³/mol. The number of anilines is 1. The molecule has 1 aliphatic heterocycles. The minimum absolute atomic E-state index is 0.0857. The molecular weight excluding hydrogens is 370 g/mol. The lowest BCUT2D eigenvalue weighted by atomic mass is 10.0. The zero-order chi connectivity index (χ0) is 17.5. The summed E-state index contributed by atoms with van der Waals surface area (Å²) in [7, 11) is 0. The summed E-state index contributed by atoms with van der Waals surface area (Å²) in [6.45, 7) is 7.25. The van der Waals surface area contributed by atoms with Gasteiger partial charge in [0.25, 0.3) is 0 Å². The van der Waals surface area contributed by atoms with Crippen molar-refractivity contribution in [2.24, 2.45) is 0 Å². The minimum atomic E-state index is -0.618. The Morgan fingerprint density at radius 3 is 2.58 bits per heavy atom. The zero-order valence-corrected chi connectivity index (χ0v) is 16.0. The largest absolute Gasteiger partial charge is 0.345 e. The van der Waals surface area contributed by atoms with E-state index in [4.69, 9.17) is 0 Å². The van der Waals surface area contributed by atoms with Gasteiger partial charge in [-0.25, -0.2) is 0 Å². The highest BCUT2D eigenvalue weighted by molar-refractivity contribution is 9.10.